The number of hydrogen-bond donors (Lipinski definition) is 0. The molecule has 5 heteroatoms. The fraction of sp³-hybridized carbons (Fsp3) is 0.667. The first kappa shape index (κ1) is 23.4. The van der Waals surface area contributed by atoms with Crippen molar-refractivity contribution in [3.8, 4) is 0 Å². The van der Waals surface area contributed by atoms with Gasteiger partial charge in [-0.3, -0.25) is 9.69 Å². The lowest BCUT2D eigenvalue weighted by atomic mass is 9.98. The van der Waals surface area contributed by atoms with Gasteiger partial charge in [0.2, 0.25) is 0 Å². The molecular weight excluding hydrogens is 364 g/mol. The SMILES string of the molecule is CCCCCCCC(=NOCCN1CCC[C@@H](C(=O)OCC)C1)c1ccccc1. The van der Waals surface area contributed by atoms with E-state index in [1.54, 1.807) is 0 Å². The number of likely N-dealkylation sites (tertiary alicyclic amines) is 1. The van der Waals surface area contributed by atoms with Gasteiger partial charge in [-0.2, -0.15) is 0 Å². The van der Waals surface area contributed by atoms with E-state index in [2.05, 4.69) is 29.1 Å². The van der Waals surface area contributed by atoms with Crippen LogP contribution in [0.4, 0.5) is 0 Å². The zero-order chi connectivity index (χ0) is 20.7. The van der Waals surface area contributed by atoms with Crippen molar-refractivity contribution in [3.05, 3.63) is 35.9 Å². The molecule has 5 nitrogen and oxygen atoms in total. The molecule has 1 fully saturated rings. The van der Waals surface area contributed by atoms with Crippen LogP contribution < -0.4 is 0 Å². The van der Waals surface area contributed by atoms with Crippen LogP contribution in [-0.2, 0) is 14.4 Å². The molecule has 0 bridgehead atoms. The highest BCUT2D eigenvalue weighted by atomic mass is 16.6. The van der Waals surface area contributed by atoms with Crippen molar-refractivity contribution in [1.82, 2.24) is 4.90 Å². The smallest absolute Gasteiger partial charge is 0.310 e. The van der Waals surface area contributed by atoms with Crippen molar-refractivity contribution in [2.45, 2.75) is 65.2 Å². The van der Waals surface area contributed by atoms with Crippen LogP contribution in [0.5, 0.6) is 0 Å². The molecule has 29 heavy (non-hydrogen) atoms. The Morgan fingerprint density at radius 3 is 2.69 bits per heavy atom. The number of ether oxygens (including phenoxy) is 1. The minimum Gasteiger partial charge on any atom is -0.466 e. The van der Waals surface area contributed by atoms with Crippen LogP contribution in [0.3, 0.4) is 0 Å². The average Bonchev–Trinajstić information content (AvgIpc) is 2.76. The largest absolute Gasteiger partial charge is 0.466 e. The summed E-state index contributed by atoms with van der Waals surface area (Å²) in [7, 11) is 0. The van der Waals surface area contributed by atoms with Crippen molar-refractivity contribution in [2.24, 2.45) is 11.1 Å². The maximum absolute atomic E-state index is 12.0. The lowest BCUT2D eigenvalue weighted by Gasteiger charge is -2.30. The highest BCUT2D eigenvalue weighted by molar-refractivity contribution is 6.00. The summed E-state index contributed by atoms with van der Waals surface area (Å²) in [5.74, 6) is -0.0687. The summed E-state index contributed by atoms with van der Waals surface area (Å²) in [5.41, 5.74) is 2.17. The number of piperidine rings is 1. The van der Waals surface area contributed by atoms with Crippen LogP contribution in [0, 0.1) is 5.92 Å². The van der Waals surface area contributed by atoms with Gasteiger partial charge in [-0.15, -0.1) is 0 Å². The summed E-state index contributed by atoms with van der Waals surface area (Å²) in [6.45, 7) is 7.65. The summed E-state index contributed by atoms with van der Waals surface area (Å²) in [6.07, 6.45) is 9.13. The predicted molar refractivity (Wildman–Crippen MR) is 118 cm³/mol. The Labute approximate surface area is 176 Å². The Bertz CT molecular complexity index is 603. The predicted octanol–water partition coefficient (Wildman–Crippen LogP) is 5.04. The number of unbranched alkanes of at least 4 members (excludes halogenated alkanes) is 4. The molecule has 0 aromatic heterocycles. The van der Waals surface area contributed by atoms with Gasteiger partial charge in [0.1, 0.15) is 6.61 Å². The van der Waals surface area contributed by atoms with Crippen molar-refractivity contribution >= 4 is 11.7 Å². The first-order chi connectivity index (χ1) is 14.2. The Hall–Kier alpha value is -1.88. The molecule has 1 aliphatic heterocycles. The summed E-state index contributed by atoms with van der Waals surface area (Å²) in [4.78, 5) is 20.0. The number of nitrogens with zero attached hydrogens (tertiary/aromatic N) is 2. The van der Waals surface area contributed by atoms with Crippen LogP contribution in [0.15, 0.2) is 35.5 Å². The van der Waals surface area contributed by atoms with E-state index < -0.39 is 0 Å². The zero-order valence-electron chi connectivity index (χ0n) is 18.3. The third kappa shape index (κ3) is 8.99. The molecule has 0 spiro atoms. The first-order valence-corrected chi connectivity index (χ1v) is 11.4. The molecule has 1 aromatic rings. The van der Waals surface area contributed by atoms with E-state index in [0.717, 1.165) is 56.6 Å². The van der Waals surface area contributed by atoms with Gasteiger partial charge in [0.05, 0.1) is 18.2 Å². The van der Waals surface area contributed by atoms with Crippen LogP contribution in [-0.4, -0.2) is 49.4 Å². The molecule has 1 aromatic carbocycles. The molecule has 0 unspecified atom stereocenters. The van der Waals surface area contributed by atoms with Gasteiger partial charge in [0.25, 0.3) is 0 Å². The molecule has 0 saturated carbocycles. The highest BCUT2D eigenvalue weighted by Crippen LogP contribution is 2.18. The fourth-order valence-electron chi connectivity index (χ4n) is 3.77. The second kappa shape index (κ2) is 14.2. The van der Waals surface area contributed by atoms with E-state index in [-0.39, 0.29) is 11.9 Å². The number of carbonyl (C=O) groups is 1. The summed E-state index contributed by atoms with van der Waals surface area (Å²) in [5, 5.41) is 4.48. The second-order valence-corrected chi connectivity index (χ2v) is 7.79. The third-order valence-corrected chi connectivity index (χ3v) is 5.42. The van der Waals surface area contributed by atoms with Crippen LogP contribution in [0.25, 0.3) is 0 Å². The quantitative estimate of drug-likeness (QED) is 0.201. The number of benzene rings is 1. The van der Waals surface area contributed by atoms with Crippen LogP contribution in [0.1, 0.15) is 70.8 Å². The zero-order valence-corrected chi connectivity index (χ0v) is 18.3. The average molecular weight is 403 g/mol. The molecule has 0 radical (unpaired) electrons. The van der Waals surface area contributed by atoms with Gasteiger partial charge in [-0.25, -0.2) is 0 Å². The van der Waals surface area contributed by atoms with E-state index in [9.17, 15) is 4.79 Å². The van der Waals surface area contributed by atoms with E-state index in [0.29, 0.717) is 13.2 Å². The molecule has 2 rings (SSSR count). The third-order valence-electron chi connectivity index (χ3n) is 5.42. The maximum Gasteiger partial charge on any atom is 0.310 e. The number of rotatable bonds is 13. The van der Waals surface area contributed by atoms with E-state index >= 15 is 0 Å². The Balaban J connectivity index is 1.79. The number of oxime groups is 1. The van der Waals surface area contributed by atoms with Gasteiger partial charge in [0.15, 0.2) is 0 Å². The summed E-state index contributed by atoms with van der Waals surface area (Å²) < 4.78 is 5.18. The molecule has 1 aliphatic rings. The first-order valence-electron chi connectivity index (χ1n) is 11.4. The highest BCUT2D eigenvalue weighted by Gasteiger charge is 2.26. The van der Waals surface area contributed by atoms with Gasteiger partial charge >= 0.3 is 5.97 Å². The van der Waals surface area contributed by atoms with Gasteiger partial charge in [0, 0.05) is 13.1 Å². The van der Waals surface area contributed by atoms with Crippen molar-refractivity contribution in [3.63, 3.8) is 0 Å². The lowest BCUT2D eigenvalue weighted by Crippen LogP contribution is -2.40. The Morgan fingerprint density at radius 1 is 1.14 bits per heavy atom. The normalized spacial score (nSPS) is 17.9. The minimum atomic E-state index is -0.0643. The van der Waals surface area contributed by atoms with Crippen LogP contribution >= 0.6 is 0 Å². The summed E-state index contributed by atoms with van der Waals surface area (Å²) >= 11 is 0. The number of hydrogen-bond acceptors (Lipinski definition) is 5. The molecule has 1 atom stereocenters. The van der Waals surface area contributed by atoms with E-state index in [1.807, 2.05) is 25.1 Å². The standard InChI is InChI=1S/C24H38N2O3/c1-3-5-6-7-11-16-23(21-13-9-8-10-14-21)25-29-19-18-26-17-12-15-22(20-26)24(27)28-4-2/h8-10,13-14,22H,3-7,11-12,15-20H2,1-2H3/t22-/m1/s1. The number of carbonyl (C=O) groups excluding carboxylic acids is 1. The van der Waals surface area contributed by atoms with Gasteiger partial charge in [-0.1, -0.05) is 68.1 Å². The van der Waals surface area contributed by atoms with Gasteiger partial charge in [-0.05, 0) is 44.7 Å². The molecular formula is C24H38N2O3. The van der Waals surface area contributed by atoms with Crippen LogP contribution in [0.2, 0.25) is 0 Å². The second-order valence-electron chi connectivity index (χ2n) is 7.79. The van der Waals surface area contributed by atoms with Crippen molar-refractivity contribution in [1.29, 1.82) is 0 Å². The molecule has 1 heterocycles. The van der Waals surface area contributed by atoms with Crippen molar-refractivity contribution < 1.29 is 14.4 Å². The lowest BCUT2D eigenvalue weighted by molar-refractivity contribution is -0.150. The molecule has 1 saturated heterocycles. The summed E-state index contributed by atoms with van der Waals surface area (Å²) in [6, 6.07) is 10.3. The van der Waals surface area contributed by atoms with Gasteiger partial charge < -0.3 is 9.57 Å². The topological polar surface area (TPSA) is 51.1 Å². The molecule has 0 N–H and O–H groups in total. The molecule has 0 amide bonds. The minimum absolute atomic E-state index is 0.00444. The number of esters is 1. The fourth-order valence-corrected chi connectivity index (χ4v) is 3.77. The Morgan fingerprint density at radius 2 is 1.93 bits per heavy atom. The maximum atomic E-state index is 12.0. The molecule has 162 valence electrons. The Kier molecular flexibility index (Phi) is 11.4. The van der Waals surface area contributed by atoms with E-state index in [4.69, 9.17) is 9.57 Å². The van der Waals surface area contributed by atoms with Crippen molar-refractivity contribution in [2.75, 3.05) is 32.8 Å². The molecule has 0 aliphatic carbocycles. The van der Waals surface area contributed by atoms with E-state index in [1.165, 1.54) is 25.7 Å². The monoisotopic (exact) mass is 402 g/mol.